The minimum atomic E-state index is 0. The van der Waals surface area contributed by atoms with Crippen molar-refractivity contribution in [3.05, 3.63) is 0 Å². The first-order valence-corrected chi connectivity index (χ1v) is 3.67. The van der Waals surface area contributed by atoms with E-state index in [1.165, 1.54) is 19.4 Å². The Morgan fingerprint density at radius 3 is 2.90 bits per heavy atom. The molecule has 1 aliphatic rings. The number of rotatable bonds is 3. The smallest absolute Gasteiger partial charge is 0.0851 e. The van der Waals surface area contributed by atoms with Crippen molar-refractivity contribution < 1.29 is 0 Å². The number of hydrogen-bond acceptors (Lipinski definition) is 2. The molecule has 0 aromatic rings. The molecule has 0 radical (unpaired) electrons. The topological polar surface area (TPSA) is 15.6 Å². The highest BCUT2D eigenvalue weighted by Crippen LogP contribution is 1.96. The molecule has 0 saturated carbocycles. The third kappa shape index (κ3) is 3.06. The second kappa shape index (κ2) is 5.54. The molecule has 0 unspecified atom stereocenters. The summed E-state index contributed by atoms with van der Waals surface area (Å²) in [6.07, 6.45) is 4.55. The van der Waals surface area contributed by atoms with E-state index in [9.17, 15) is 0 Å². The summed E-state index contributed by atoms with van der Waals surface area (Å²) in [5, 5.41) is 0. The average Bonchev–Trinajstić information content (AvgIpc) is 2.34. The SMILES string of the molecule is CCCCN1C=NCC1.Cl. The van der Waals surface area contributed by atoms with Gasteiger partial charge in [0.15, 0.2) is 0 Å². The van der Waals surface area contributed by atoms with Crippen LogP contribution >= 0.6 is 12.4 Å². The maximum atomic E-state index is 4.12. The number of hydrogen-bond donors (Lipinski definition) is 0. The molecular weight excluding hydrogens is 148 g/mol. The van der Waals surface area contributed by atoms with Gasteiger partial charge in [-0.1, -0.05) is 13.3 Å². The van der Waals surface area contributed by atoms with Crippen LogP contribution in [0.4, 0.5) is 0 Å². The summed E-state index contributed by atoms with van der Waals surface area (Å²) in [5.41, 5.74) is 0. The van der Waals surface area contributed by atoms with Crippen LogP contribution in [0.1, 0.15) is 19.8 Å². The van der Waals surface area contributed by atoms with E-state index in [0.717, 1.165) is 13.1 Å². The monoisotopic (exact) mass is 162 g/mol. The van der Waals surface area contributed by atoms with E-state index < -0.39 is 0 Å². The molecule has 0 fully saturated rings. The molecular formula is C7H15ClN2. The van der Waals surface area contributed by atoms with Crippen LogP contribution < -0.4 is 0 Å². The summed E-state index contributed by atoms with van der Waals surface area (Å²) in [6.45, 7) is 5.55. The van der Waals surface area contributed by atoms with E-state index in [0.29, 0.717) is 0 Å². The highest BCUT2D eigenvalue weighted by Gasteiger charge is 2.01. The van der Waals surface area contributed by atoms with Crippen LogP contribution in [0.2, 0.25) is 0 Å². The van der Waals surface area contributed by atoms with Gasteiger partial charge in [0, 0.05) is 13.1 Å². The fourth-order valence-electron chi connectivity index (χ4n) is 0.948. The lowest BCUT2D eigenvalue weighted by molar-refractivity contribution is 0.452. The lowest BCUT2D eigenvalue weighted by atomic mass is 10.3. The zero-order chi connectivity index (χ0) is 6.53. The second-order valence-corrected chi connectivity index (χ2v) is 2.41. The molecule has 0 saturated heterocycles. The first-order chi connectivity index (χ1) is 4.43. The van der Waals surface area contributed by atoms with E-state index in [4.69, 9.17) is 0 Å². The molecule has 0 N–H and O–H groups in total. The van der Waals surface area contributed by atoms with Gasteiger partial charge in [0.25, 0.3) is 0 Å². The Balaban J connectivity index is 0.000000810. The third-order valence-corrected chi connectivity index (χ3v) is 1.56. The van der Waals surface area contributed by atoms with E-state index in [-0.39, 0.29) is 12.4 Å². The summed E-state index contributed by atoms with van der Waals surface area (Å²) >= 11 is 0. The molecule has 2 nitrogen and oxygen atoms in total. The Labute approximate surface area is 68.7 Å². The first-order valence-electron chi connectivity index (χ1n) is 3.67. The molecule has 0 atom stereocenters. The van der Waals surface area contributed by atoms with Gasteiger partial charge in [0.1, 0.15) is 0 Å². The molecule has 1 rings (SSSR count). The predicted molar refractivity (Wildman–Crippen MR) is 47.1 cm³/mol. The molecule has 1 aliphatic heterocycles. The summed E-state index contributed by atoms with van der Waals surface area (Å²) in [6, 6.07) is 0. The van der Waals surface area contributed by atoms with Crippen molar-refractivity contribution in [2.75, 3.05) is 19.6 Å². The van der Waals surface area contributed by atoms with Gasteiger partial charge in [0.2, 0.25) is 0 Å². The van der Waals surface area contributed by atoms with E-state index >= 15 is 0 Å². The molecule has 1 heterocycles. The predicted octanol–water partition coefficient (Wildman–Crippen LogP) is 1.55. The van der Waals surface area contributed by atoms with Crippen molar-refractivity contribution in [1.82, 2.24) is 4.90 Å². The van der Waals surface area contributed by atoms with Crippen molar-refractivity contribution in [2.24, 2.45) is 4.99 Å². The van der Waals surface area contributed by atoms with Gasteiger partial charge in [-0.2, -0.15) is 0 Å². The minimum Gasteiger partial charge on any atom is -0.361 e. The van der Waals surface area contributed by atoms with Crippen LogP contribution in [0.25, 0.3) is 0 Å². The average molecular weight is 163 g/mol. The maximum absolute atomic E-state index is 4.12. The summed E-state index contributed by atoms with van der Waals surface area (Å²) in [7, 11) is 0. The quantitative estimate of drug-likeness (QED) is 0.615. The highest BCUT2D eigenvalue weighted by atomic mass is 35.5. The Morgan fingerprint density at radius 1 is 1.60 bits per heavy atom. The molecule has 0 aromatic carbocycles. The van der Waals surface area contributed by atoms with Crippen molar-refractivity contribution in [2.45, 2.75) is 19.8 Å². The van der Waals surface area contributed by atoms with Crippen LogP contribution in [-0.2, 0) is 0 Å². The number of aliphatic imine (C=N–C) groups is 1. The fraction of sp³-hybridized carbons (Fsp3) is 0.857. The number of unbranched alkanes of at least 4 members (excludes halogenated alkanes) is 1. The molecule has 0 aromatic heterocycles. The van der Waals surface area contributed by atoms with Crippen LogP contribution in [0.15, 0.2) is 4.99 Å². The Bertz CT molecular complexity index is 104. The zero-order valence-electron chi connectivity index (χ0n) is 6.42. The molecule has 0 bridgehead atoms. The molecule has 0 aliphatic carbocycles. The van der Waals surface area contributed by atoms with Gasteiger partial charge in [0.05, 0.1) is 12.9 Å². The van der Waals surface area contributed by atoms with Gasteiger partial charge in [-0.05, 0) is 6.42 Å². The maximum Gasteiger partial charge on any atom is 0.0851 e. The van der Waals surface area contributed by atoms with Crippen LogP contribution in [0.3, 0.4) is 0 Å². The van der Waals surface area contributed by atoms with E-state index in [1.54, 1.807) is 0 Å². The minimum absolute atomic E-state index is 0. The number of halogens is 1. The molecule has 3 heteroatoms. The van der Waals surface area contributed by atoms with Crippen LogP contribution in [-0.4, -0.2) is 30.9 Å². The normalized spacial score (nSPS) is 15.5. The third-order valence-electron chi connectivity index (χ3n) is 1.56. The van der Waals surface area contributed by atoms with Crippen molar-refractivity contribution >= 4 is 18.7 Å². The summed E-state index contributed by atoms with van der Waals surface area (Å²) < 4.78 is 0. The van der Waals surface area contributed by atoms with Gasteiger partial charge < -0.3 is 4.90 Å². The van der Waals surface area contributed by atoms with Crippen LogP contribution in [0, 0.1) is 0 Å². The molecule has 10 heavy (non-hydrogen) atoms. The largest absolute Gasteiger partial charge is 0.361 e. The molecule has 0 spiro atoms. The highest BCUT2D eigenvalue weighted by molar-refractivity contribution is 5.85. The molecule has 60 valence electrons. The Hall–Kier alpha value is -0.240. The zero-order valence-corrected chi connectivity index (χ0v) is 7.23. The van der Waals surface area contributed by atoms with Crippen LogP contribution in [0.5, 0.6) is 0 Å². The Kier molecular flexibility index (Phi) is 5.40. The fourth-order valence-corrected chi connectivity index (χ4v) is 0.948. The van der Waals surface area contributed by atoms with Gasteiger partial charge in [-0.3, -0.25) is 4.99 Å². The lowest BCUT2D eigenvalue weighted by Crippen LogP contribution is -2.20. The summed E-state index contributed by atoms with van der Waals surface area (Å²) in [5.74, 6) is 0. The van der Waals surface area contributed by atoms with E-state index in [1.807, 2.05) is 6.34 Å². The molecule has 0 amide bonds. The lowest BCUT2D eigenvalue weighted by Gasteiger charge is -2.11. The van der Waals surface area contributed by atoms with E-state index in [2.05, 4.69) is 16.8 Å². The number of nitrogens with zero attached hydrogens (tertiary/aromatic N) is 2. The summed E-state index contributed by atoms with van der Waals surface area (Å²) in [4.78, 5) is 6.40. The van der Waals surface area contributed by atoms with Gasteiger partial charge in [-0.25, -0.2) is 0 Å². The van der Waals surface area contributed by atoms with Crippen molar-refractivity contribution in [1.29, 1.82) is 0 Å². The second-order valence-electron chi connectivity index (χ2n) is 2.41. The first kappa shape index (κ1) is 9.76. The van der Waals surface area contributed by atoms with Crippen molar-refractivity contribution in [3.63, 3.8) is 0 Å². The Morgan fingerprint density at radius 2 is 2.40 bits per heavy atom. The standard InChI is InChI=1S/C7H14N2.ClH/c1-2-3-5-9-6-4-8-7-9;/h7H,2-6H2,1H3;1H. The van der Waals surface area contributed by atoms with Gasteiger partial charge in [-0.15, -0.1) is 12.4 Å². The van der Waals surface area contributed by atoms with Gasteiger partial charge >= 0.3 is 0 Å². The van der Waals surface area contributed by atoms with Crippen molar-refractivity contribution in [3.8, 4) is 0 Å².